The van der Waals surface area contributed by atoms with Crippen LogP contribution in [0.2, 0.25) is 0 Å². The Bertz CT molecular complexity index is 590. The van der Waals surface area contributed by atoms with Crippen LogP contribution in [0.4, 0.5) is 0 Å². The van der Waals surface area contributed by atoms with Crippen LogP contribution in [0.3, 0.4) is 0 Å². The van der Waals surface area contributed by atoms with Crippen molar-refractivity contribution in [1.29, 1.82) is 0 Å². The van der Waals surface area contributed by atoms with Crippen LogP contribution in [0.25, 0.3) is 0 Å². The Morgan fingerprint density at radius 2 is 2.17 bits per heavy atom. The van der Waals surface area contributed by atoms with E-state index in [9.17, 15) is 10.0 Å². The number of benzene rings is 1. The fourth-order valence-corrected chi connectivity index (χ4v) is 2.28. The van der Waals surface area contributed by atoms with Crippen molar-refractivity contribution < 1.29 is 24.2 Å². The number of carbonyl (C=O) groups excluding carboxylic acids is 1. The lowest BCUT2D eigenvalue weighted by molar-refractivity contribution is -0.176. The summed E-state index contributed by atoms with van der Waals surface area (Å²) in [6.45, 7) is 4.11. The van der Waals surface area contributed by atoms with Crippen molar-refractivity contribution in [3.63, 3.8) is 0 Å². The molecule has 0 saturated carbocycles. The van der Waals surface area contributed by atoms with Crippen LogP contribution in [0.1, 0.15) is 19.4 Å². The summed E-state index contributed by atoms with van der Waals surface area (Å²) in [4.78, 5) is 11.3. The van der Waals surface area contributed by atoms with E-state index in [-0.39, 0.29) is 13.2 Å². The molecule has 0 amide bonds. The van der Waals surface area contributed by atoms with Gasteiger partial charge in [-0.1, -0.05) is 36.3 Å². The zero-order chi connectivity index (χ0) is 16.9. The Kier molecular flexibility index (Phi) is 5.74. The van der Waals surface area contributed by atoms with Gasteiger partial charge in [0.05, 0.1) is 20.3 Å². The summed E-state index contributed by atoms with van der Waals surface area (Å²) in [6, 6.07) is 8.74. The summed E-state index contributed by atoms with van der Waals surface area (Å²) in [5, 5.41) is 11.5. The monoisotopic (exact) mass is 319 g/mol. The molecule has 1 saturated heterocycles. The van der Waals surface area contributed by atoms with E-state index < -0.39 is 23.9 Å². The lowest BCUT2D eigenvalue weighted by Gasteiger charge is -2.26. The van der Waals surface area contributed by atoms with Crippen molar-refractivity contribution in [2.24, 2.45) is 0 Å². The minimum absolute atomic E-state index is 0.252. The third-order valence-corrected chi connectivity index (χ3v) is 3.40. The molecule has 124 valence electrons. The third kappa shape index (κ3) is 5.05. The first-order valence-electron chi connectivity index (χ1n) is 7.32. The maximum Gasteiger partial charge on any atom is 0.384 e. The molecule has 2 atom stereocenters. The summed E-state index contributed by atoms with van der Waals surface area (Å²) in [5.74, 6) is 3.66. The first-order valence-corrected chi connectivity index (χ1v) is 7.32. The highest BCUT2D eigenvalue weighted by Gasteiger charge is 2.39. The van der Waals surface area contributed by atoms with E-state index in [2.05, 4.69) is 16.6 Å². The molecule has 1 aromatic rings. The molecule has 1 N–H and O–H groups in total. The van der Waals surface area contributed by atoms with Gasteiger partial charge >= 0.3 is 5.97 Å². The topological polar surface area (TPSA) is 68.2 Å². The lowest BCUT2D eigenvalue weighted by atomic mass is 10.1. The van der Waals surface area contributed by atoms with E-state index in [4.69, 9.17) is 9.47 Å². The predicted molar refractivity (Wildman–Crippen MR) is 82.3 cm³/mol. The van der Waals surface area contributed by atoms with Crippen molar-refractivity contribution in [2.75, 3.05) is 13.7 Å². The smallest absolute Gasteiger partial charge is 0.384 e. The average Bonchev–Trinajstić information content (AvgIpc) is 2.88. The van der Waals surface area contributed by atoms with Gasteiger partial charge in [0.15, 0.2) is 5.79 Å². The summed E-state index contributed by atoms with van der Waals surface area (Å²) in [6.07, 6.45) is -0.476. The molecule has 1 heterocycles. The number of nitrogens with zero attached hydrogens (tertiary/aromatic N) is 1. The lowest BCUT2D eigenvalue weighted by Crippen LogP contribution is -2.42. The largest absolute Gasteiger partial charge is 0.459 e. The number of hydroxylamine groups is 2. The highest BCUT2D eigenvalue weighted by atomic mass is 16.7. The Morgan fingerprint density at radius 3 is 2.74 bits per heavy atom. The maximum absolute atomic E-state index is 11.3. The van der Waals surface area contributed by atoms with Crippen molar-refractivity contribution >= 4 is 5.97 Å². The molecule has 1 aliphatic rings. The molecule has 0 aliphatic carbocycles. The molecule has 0 radical (unpaired) electrons. The summed E-state index contributed by atoms with van der Waals surface area (Å²) < 4.78 is 15.8. The van der Waals surface area contributed by atoms with Crippen molar-refractivity contribution in [1.82, 2.24) is 5.06 Å². The summed E-state index contributed by atoms with van der Waals surface area (Å²) >= 11 is 0. The number of hydrogen-bond acceptors (Lipinski definition) is 6. The standard InChI is InChI=1S/C17H21NO5/c1-17(2)22-12-15(23-17)14(9-10-16(19)21-3)18(20)11-13-7-5-4-6-8-13/h4-8,14-15,20H,11-12H2,1-3H3/t14-,15+/m0/s1. The van der Waals surface area contributed by atoms with Crippen LogP contribution >= 0.6 is 0 Å². The van der Waals surface area contributed by atoms with Crippen molar-refractivity contribution in [3.8, 4) is 11.8 Å². The maximum atomic E-state index is 11.3. The average molecular weight is 319 g/mol. The molecule has 0 unspecified atom stereocenters. The van der Waals surface area contributed by atoms with Gasteiger partial charge in [0.2, 0.25) is 0 Å². The molecule has 23 heavy (non-hydrogen) atoms. The molecule has 1 aliphatic heterocycles. The first kappa shape index (κ1) is 17.4. The van der Waals surface area contributed by atoms with Gasteiger partial charge < -0.3 is 19.4 Å². The van der Waals surface area contributed by atoms with E-state index in [1.807, 2.05) is 30.3 Å². The Labute approximate surface area is 135 Å². The molecule has 0 spiro atoms. The molecule has 6 nitrogen and oxygen atoms in total. The van der Waals surface area contributed by atoms with Crippen LogP contribution in [0, 0.1) is 11.8 Å². The van der Waals surface area contributed by atoms with Gasteiger partial charge in [-0.25, -0.2) is 4.79 Å². The number of rotatable bonds is 4. The highest BCUT2D eigenvalue weighted by molar-refractivity contribution is 5.88. The fourth-order valence-electron chi connectivity index (χ4n) is 2.28. The van der Waals surface area contributed by atoms with Gasteiger partial charge in [-0.15, -0.1) is 0 Å². The zero-order valence-corrected chi connectivity index (χ0v) is 13.5. The van der Waals surface area contributed by atoms with E-state index in [1.54, 1.807) is 13.8 Å². The number of hydrogen-bond donors (Lipinski definition) is 1. The van der Waals surface area contributed by atoms with Crippen LogP contribution in [0.15, 0.2) is 30.3 Å². The second kappa shape index (κ2) is 7.57. The van der Waals surface area contributed by atoms with E-state index in [1.165, 1.54) is 7.11 Å². The number of esters is 1. The minimum atomic E-state index is -0.747. The van der Waals surface area contributed by atoms with Crippen LogP contribution in [-0.4, -0.2) is 47.9 Å². The van der Waals surface area contributed by atoms with Gasteiger partial charge in [0, 0.05) is 5.92 Å². The quantitative estimate of drug-likeness (QED) is 0.393. The van der Waals surface area contributed by atoms with Gasteiger partial charge in [-0.2, -0.15) is 5.06 Å². The Hall–Kier alpha value is -1.91. The molecule has 1 fully saturated rings. The molecule has 0 bridgehead atoms. The molecule has 0 aromatic heterocycles. The fraction of sp³-hybridized carbons (Fsp3) is 0.471. The third-order valence-electron chi connectivity index (χ3n) is 3.40. The highest BCUT2D eigenvalue weighted by Crippen LogP contribution is 2.26. The summed E-state index contributed by atoms with van der Waals surface area (Å²) in [5.41, 5.74) is 0.915. The van der Waals surface area contributed by atoms with Gasteiger partial charge in [-0.05, 0) is 19.4 Å². The van der Waals surface area contributed by atoms with E-state index in [0.29, 0.717) is 0 Å². The predicted octanol–water partition coefficient (Wildman–Crippen LogP) is 1.57. The van der Waals surface area contributed by atoms with Crippen molar-refractivity contribution in [3.05, 3.63) is 35.9 Å². The number of carbonyl (C=O) groups is 1. The molecule has 2 rings (SSSR count). The Balaban J connectivity index is 2.15. The van der Waals surface area contributed by atoms with Crippen LogP contribution < -0.4 is 0 Å². The molecular weight excluding hydrogens is 298 g/mol. The van der Waals surface area contributed by atoms with E-state index >= 15 is 0 Å². The summed E-state index contributed by atoms with van der Waals surface area (Å²) in [7, 11) is 1.25. The van der Waals surface area contributed by atoms with Gasteiger partial charge in [0.1, 0.15) is 12.1 Å². The Morgan fingerprint density at radius 1 is 1.48 bits per heavy atom. The van der Waals surface area contributed by atoms with Crippen molar-refractivity contribution in [2.45, 2.75) is 38.3 Å². The molecular formula is C17H21NO5. The second-order valence-electron chi connectivity index (χ2n) is 5.66. The SMILES string of the molecule is COC(=O)C#C[C@@H]([C@H]1COC(C)(C)O1)N(O)Cc1ccccc1. The molecule has 1 aromatic carbocycles. The minimum Gasteiger partial charge on any atom is -0.459 e. The van der Waals surface area contributed by atoms with Gasteiger partial charge in [0.25, 0.3) is 0 Å². The number of methoxy groups -OCH3 is 1. The molecule has 6 heteroatoms. The van der Waals surface area contributed by atoms with Gasteiger partial charge in [-0.3, -0.25) is 0 Å². The van der Waals surface area contributed by atoms with Crippen LogP contribution in [-0.2, 0) is 25.5 Å². The second-order valence-corrected chi connectivity index (χ2v) is 5.66. The number of ether oxygens (including phenoxy) is 3. The zero-order valence-electron chi connectivity index (χ0n) is 13.5. The van der Waals surface area contributed by atoms with E-state index in [0.717, 1.165) is 10.6 Å². The first-order chi connectivity index (χ1) is 10.9. The van der Waals surface area contributed by atoms with Crippen LogP contribution in [0.5, 0.6) is 0 Å². The normalized spacial score (nSPS) is 20.7.